The van der Waals surface area contributed by atoms with Gasteiger partial charge >= 0.3 is 0 Å². The van der Waals surface area contributed by atoms with E-state index < -0.39 is 17.7 Å². The Hall–Kier alpha value is -3.03. The van der Waals surface area contributed by atoms with Crippen LogP contribution >= 0.6 is 0 Å². The zero-order chi connectivity index (χ0) is 19.8. The largest absolute Gasteiger partial charge is 0.331 e. The Morgan fingerprint density at radius 2 is 1.90 bits per heavy atom. The zero-order valence-corrected chi connectivity index (χ0v) is 15.6. The summed E-state index contributed by atoms with van der Waals surface area (Å²) in [6.45, 7) is 0.867. The summed E-state index contributed by atoms with van der Waals surface area (Å²) in [4.78, 5) is 13.3. The van der Waals surface area contributed by atoms with Crippen LogP contribution in [0.5, 0.6) is 0 Å². The van der Waals surface area contributed by atoms with E-state index in [0.717, 1.165) is 37.5 Å². The first-order chi connectivity index (χ1) is 14.0. The summed E-state index contributed by atoms with van der Waals surface area (Å²) < 4.78 is 31.3. The van der Waals surface area contributed by atoms with Crippen molar-refractivity contribution < 1.29 is 13.6 Å². The van der Waals surface area contributed by atoms with Crippen molar-refractivity contribution in [3.05, 3.63) is 60.1 Å². The number of hydrogen-bond acceptors (Lipinski definition) is 3. The number of rotatable bonds is 4. The monoisotopic (exact) mass is 395 g/mol. The van der Waals surface area contributed by atoms with Gasteiger partial charge in [0.15, 0.2) is 0 Å². The third-order valence-electron chi connectivity index (χ3n) is 6.74. The Morgan fingerprint density at radius 1 is 1.14 bits per heavy atom. The molecule has 29 heavy (non-hydrogen) atoms. The number of nitrogens with zero attached hydrogens (tertiary/aromatic N) is 5. The molecule has 3 aliphatic carbocycles. The second kappa shape index (κ2) is 5.52. The molecule has 2 bridgehead atoms. The van der Waals surface area contributed by atoms with Gasteiger partial charge in [-0.05, 0) is 42.4 Å². The lowest BCUT2D eigenvalue weighted by Crippen LogP contribution is -2.68. The van der Waals surface area contributed by atoms with Gasteiger partial charge in [-0.2, -0.15) is 10.2 Å². The molecule has 3 saturated carbocycles. The van der Waals surface area contributed by atoms with Crippen LogP contribution < -0.4 is 0 Å². The predicted octanol–water partition coefficient (Wildman–Crippen LogP) is 3.54. The number of aromatic nitrogens is 3. The summed E-state index contributed by atoms with van der Waals surface area (Å²) in [5.41, 5.74) is 1.26. The lowest BCUT2D eigenvalue weighted by atomic mass is 9.34. The summed E-state index contributed by atoms with van der Waals surface area (Å²) in [6, 6.07) is 4.96. The SMILES string of the molecule is O=C(N1N=CCC1c1cc(F)cc(F)c1)C12CC(Cn3ccn4nccc34)(C1)C2. The van der Waals surface area contributed by atoms with E-state index in [2.05, 4.69) is 14.8 Å². The fraction of sp³-hybridized carbons (Fsp3) is 0.381. The highest BCUT2D eigenvalue weighted by atomic mass is 19.1. The summed E-state index contributed by atoms with van der Waals surface area (Å²) in [7, 11) is 0. The van der Waals surface area contributed by atoms with Gasteiger partial charge in [-0.3, -0.25) is 4.79 Å². The first-order valence-corrected chi connectivity index (χ1v) is 9.78. The number of halogens is 2. The molecular formula is C21H19F2N5O. The number of carbonyl (C=O) groups excluding carboxylic acids is 1. The van der Waals surface area contributed by atoms with E-state index in [9.17, 15) is 13.6 Å². The molecule has 3 heterocycles. The van der Waals surface area contributed by atoms with Crippen molar-refractivity contribution in [2.45, 2.75) is 38.3 Å². The first-order valence-electron chi connectivity index (χ1n) is 9.78. The average Bonchev–Trinajstić information content (AvgIpc) is 3.32. The van der Waals surface area contributed by atoms with Crippen LogP contribution in [0.4, 0.5) is 8.78 Å². The molecule has 1 unspecified atom stereocenters. The van der Waals surface area contributed by atoms with E-state index in [1.807, 2.05) is 23.0 Å². The van der Waals surface area contributed by atoms with Gasteiger partial charge < -0.3 is 4.57 Å². The maximum atomic E-state index is 13.7. The van der Waals surface area contributed by atoms with Gasteiger partial charge in [0, 0.05) is 43.7 Å². The Morgan fingerprint density at radius 3 is 2.66 bits per heavy atom. The maximum absolute atomic E-state index is 13.7. The van der Waals surface area contributed by atoms with Crippen molar-refractivity contribution >= 4 is 17.8 Å². The zero-order valence-electron chi connectivity index (χ0n) is 15.6. The average molecular weight is 395 g/mol. The van der Waals surface area contributed by atoms with Crippen LogP contribution in [0.2, 0.25) is 0 Å². The molecule has 3 fully saturated rings. The minimum atomic E-state index is -0.637. The molecule has 1 aromatic carbocycles. The van der Waals surface area contributed by atoms with Crippen molar-refractivity contribution in [1.29, 1.82) is 0 Å². The number of amides is 1. The van der Waals surface area contributed by atoms with Crippen molar-refractivity contribution in [3.8, 4) is 0 Å². The molecule has 0 spiro atoms. The topological polar surface area (TPSA) is 54.9 Å². The molecule has 7 rings (SSSR count). The van der Waals surface area contributed by atoms with Gasteiger partial charge in [-0.1, -0.05) is 0 Å². The van der Waals surface area contributed by atoms with Gasteiger partial charge in [0.1, 0.15) is 17.3 Å². The smallest absolute Gasteiger partial charge is 0.249 e. The second-order valence-electron chi connectivity index (χ2n) is 8.77. The number of hydrazone groups is 1. The first kappa shape index (κ1) is 16.9. The molecule has 2 aromatic heterocycles. The normalized spacial score (nSPS) is 29.9. The highest BCUT2D eigenvalue weighted by molar-refractivity contribution is 5.88. The fourth-order valence-corrected chi connectivity index (χ4v) is 5.65. The standard InChI is InChI=1S/C21H19F2N5O/c22-15-7-14(8-16(23)9-15)17-1-3-25-28(17)19(29)21-10-20(11-21,12-21)13-26-5-6-27-18(26)2-4-24-27/h2-9,17H,1,10-13H2. The van der Waals surface area contributed by atoms with Crippen LogP contribution in [0.15, 0.2) is 48.0 Å². The van der Waals surface area contributed by atoms with Crippen molar-refractivity contribution in [2.75, 3.05) is 0 Å². The van der Waals surface area contributed by atoms with Crippen LogP contribution in [0.25, 0.3) is 5.65 Å². The summed E-state index contributed by atoms with van der Waals surface area (Å²) in [6.07, 6.45) is 10.3. The molecule has 1 atom stereocenters. The molecule has 4 aliphatic rings. The highest BCUT2D eigenvalue weighted by Gasteiger charge is 2.72. The quantitative estimate of drug-likeness (QED) is 0.679. The molecule has 8 heteroatoms. The number of benzene rings is 1. The molecule has 0 saturated heterocycles. The molecule has 3 aromatic rings. The van der Waals surface area contributed by atoms with Crippen LogP contribution in [0.1, 0.15) is 37.3 Å². The molecule has 0 radical (unpaired) electrons. The maximum Gasteiger partial charge on any atom is 0.249 e. The third kappa shape index (κ3) is 2.34. The number of imidazole rings is 1. The minimum Gasteiger partial charge on any atom is -0.331 e. The predicted molar refractivity (Wildman–Crippen MR) is 101 cm³/mol. The lowest BCUT2D eigenvalue weighted by Gasteiger charge is -2.70. The van der Waals surface area contributed by atoms with E-state index in [1.165, 1.54) is 17.1 Å². The van der Waals surface area contributed by atoms with Gasteiger partial charge in [0.2, 0.25) is 5.91 Å². The number of hydrogen-bond donors (Lipinski definition) is 0. The van der Waals surface area contributed by atoms with Crippen LogP contribution in [-0.4, -0.2) is 31.3 Å². The van der Waals surface area contributed by atoms with Gasteiger partial charge in [-0.25, -0.2) is 18.3 Å². The van der Waals surface area contributed by atoms with E-state index in [0.29, 0.717) is 12.0 Å². The number of fused-ring (bicyclic) bond motifs is 1. The Balaban J connectivity index is 1.18. The van der Waals surface area contributed by atoms with Crippen LogP contribution in [0, 0.1) is 22.5 Å². The van der Waals surface area contributed by atoms with E-state index in [4.69, 9.17) is 0 Å². The van der Waals surface area contributed by atoms with Crippen molar-refractivity contribution in [3.63, 3.8) is 0 Å². The van der Waals surface area contributed by atoms with E-state index in [1.54, 1.807) is 12.4 Å². The lowest BCUT2D eigenvalue weighted by molar-refractivity contribution is -0.222. The highest BCUT2D eigenvalue weighted by Crippen LogP contribution is 2.74. The third-order valence-corrected chi connectivity index (χ3v) is 6.74. The van der Waals surface area contributed by atoms with Crippen molar-refractivity contribution in [1.82, 2.24) is 19.2 Å². The summed E-state index contributed by atoms with van der Waals surface area (Å²) in [5, 5.41) is 9.94. The van der Waals surface area contributed by atoms with Crippen molar-refractivity contribution in [2.24, 2.45) is 15.9 Å². The Bertz CT molecular complexity index is 1140. The molecule has 6 nitrogen and oxygen atoms in total. The van der Waals surface area contributed by atoms with E-state index >= 15 is 0 Å². The molecule has 1 aliphatic heterocycles. The molecule has 0 N–H and O–H groups in total. The second-order valence-corrected chi connectivity index (χ2v) is 8.77. The fourth-order valence-electron chi connectivity index (χ4n) is 5.65. The molecule has 148 valence electrons. The molecular weight excluding hydrogens is 376 g/mol. The Kier molecular flexibility index (Phi) is 3.21. The minimum absolute atomic E-state index is 0.0233. The van der Waals surface area contributed by atoms with Gasteiger partial charge in [-0.15, -0.1) is 0 Å². The van der Waals surface area contributed by atoms with Crippen LogP contribution in [-0.2, 0) is 11.3 Å². The molecule has 1 amide bonds. The Labute approximate surface area is 165 Å². The summed E-state index contributed by atoms with van der Waals surface area (Å²) >= 11 is 0. The van der Waals surface area contributed by atoms with E-state index in [-0.39, 0.29) is 16.7 Å². The van der Waals surface area contributed by atoms with Gasteiger partial charge in [0.25, 0.3) is 0 Å². The summed E-state index contributed by atoms with van der Waals surface area (Å²) in [5.74, 6) is -1.30. The van der Waals surface area contributed by atoms with Gasteiger partial charge in [0.05, 0.1) is 17.7 Å². The van der Waals surface area contributed by atoms with Crippen LogP contribution in [0.3, 0.4) is 0 Å². The number of carbonyl (C=O) groups is 1.